The number of aromatic nitrogens is 4. The number of hydrogen-bond donors (Lipinski definition) is 1. The van der Waals surface area contributed by atoms with Crippen molar-refractivity contribution < 1.29 is 4.39 Å². The minimum Gasteiger partial charge on any atom is -0.307 e. The van der Waals surface area contributed by atoms with Crippen LogP contribution in [0.3, 0.4) is 0 Å². The fourth-order valence-corrected chi connectivity index (χ4v) is 2.05. The lowest BCUT2D eigenvalue weighted by Crippen LogP contribution is -2.15. The van der Waals surface area contributed by atoms with E-state index in [1.807, 2.05) is 23.9 Å². The van der Waals surface area contributed by atoms with E-state index in [0.717, 1.165) is 12.2 Å². The lowest BCUT2D eigenvalue weighted by Gasteiger charge is -2.04. The zero-order valence-corrected chi connectivity index (χ0v) is 12.3. The number of aryl methyl sites for hydroxylation is 1. The monoisotopic (exact) mass is 279 g/mol. The second-order valence-corrected chi connectivity index (χ2v) is 5.30. The number of nitrogens with zero attached hydrogens (tertiary/aromatic N) is 4. The first-order valence-corrected chi connectivity index (χ1v) is 7.03. The van der Waals surface area contributed by atoms with Crippen molar-refractivity contribution in [1.82, 2.24) is 24.9 Å². The Labute approximate surface area is 118 Å². The van der Waals surface area contributed by atoms with Crippen LogP contribution >= 0.6 is 0 Å². The third-order valence-corrected chi connectivity index (χ3v) is 3.01. The van der Waals surface area contributed by atoms with Gasteiger partial charge in [-0.05, 0) is 18.9 Å². The van der Waals surface area contributed by atoms with Crippen LogP contribution in [0.15, 0.2) is 18.5 Å². The molecule has 5 nitrogen and oxygen atoms in total. The number of nitrogens with one attached hydrogen (secondary N) is 1. The molecule has 20 heavy (non-hydrogen) atoms. The molecule has 2 aromatic heterocycles. The molecule has 6 heteroatoms. The van der Waals surface area contributed by atoms with E-state index in [1.165, 1.54) is 4.68 Å². The normalized spacial score (nSPS) is 11.4. The lowest BCUT2D eigenvalue weighted by atomic mass is 10.2. The van der Waals surface area contributed by atoms with E-state index in [0.29, 0.717) is 31.1 Å². The first-order chi connectivity index (χ1) is 9.60. The van der Waals surface area contributed by atoms with Crippen LogP contribution in [0.25, 0.3) is 0 Å². The zero-order valence-electron chi connectivity index (χ0n) is 12.3. The summed E-state index contributed by atoms with van der Waals surface area (Å²) in [7, 11) is 0. The summed E-state index contributed by atoms with van der Waals surface area (Å²) < 4.78 is 17.0. The maximum Gasteiger partial charge on any atom is 0.215 e. The summed E-state index contributed by atoms with van der Waals surface area (Å²) in [6.45, 7) is 8.74. The van der Waals surface area contributed by atoms with Gasteiger partial charge in [0.25, 0.3) is 0 Å². The van der Waals surface area contributed by atoms with Gasteiger partial charge in [0.1, 0.15) is 0 Å². The highest BCUT2D eigenvalue weighted by molar-refractivity contribution is 5.07. The van der Waals surface area contributed by atoms with Crippen molar-refractivity contribution in [3.8, 4) is 0 Å². The van der Waals surface area contributed by atoms with Crippen molar-refractivity contribution in [1.29, 1.82) is 0 Å². The molecular formula is C14H22FN5. The van der Waals surface area contributed by atoms with E-state index in [1.54, 1.807) is 6.20 Å². The third-order valence-electron chi connectivity index (χ3n) is 3.01. The molecule has 2 heterocycles. The lowest BCUT2D eigenvalue weighted by molar-refractivity contribution is 0.459. The Morgan fingerprint density at radius 1 is 1.35 bits per heavy atom. The van der Waals surface area contributed by atoms with Crippen molar-refractivity contribution >= 4 is 0 Å². The van der Waals surface area contributed by atoms with Crippen molar-refractivity contribution in [2.24, 2.45) is 5.92 Å². The fraction of sp³-hybridized carbons (Fsp3) is 0.571. The highest BCUT2D eigenvalue weighted by atomic mass is 19.1. The van der Waals surface area contributed by atoms with Crippen LogP contribution in [0.5, 0.6) is 0 Å². The van der Waals surface area contributed by atoms with Crippen LogP contribution in [-0.4, -0.2) is 19.6 Å². The van der Waals surface area contributed by atoms with Crippen molar-refractivity contribution in [2.75, 3.05) is 0 Å². The Morgan fingerprint density at radius 2 is 2.15 bits per heavy atom. The van der Waals surface area contributed by atoms with E-state index in [-0.39, 0.29) is 5.95 Å². The van der Waals surface area contributed by atoms with Crippen LogP contribution in [-0.2, 0) is 26.2 Å². The molecule has 110 valence electrons. The average Bonchev–Trinajstić information content (AvgIpc) is 2.97. The SMILES string of the molecule is CCn1ncc(CNCc2ccn(CC(C)C)n2)c1F. The van der Waals surface area contributed by atoms with Crippen LogP contribution in [0, 0.1) is 11.9 Å². The minimum absolute atomic E-state index is 0.259. The van der Waals surface area contributed by atoms with Crippen LogP contribution in [0.4, 0.5) is 4.39 Å². The van der Waals surface area contributed by atoms with Gasteiger partial charge in [-0.2, -0.15) is 14.6 Å². The molecule has 0 aliphatic carbocycles. The summed E-state index contributed by atoms with van der Waals surface area (Å²) in [4.78, 5) is 0. The molecule has 0 aliphatic heterocycles. The molecule has 0 radical (unpaired) electrons. The largest absolute Gasteiger partial charge is 0.307 e. The molecule has 0 amide bonds. The van der Waals surface area contributed by atoms with Crippen molar-refractivity contribution in [3.05, 3.63) is 35.7 Å². The van der Waals surface area contributed by atoms with Gasteiger partial charge in [-0.25, -0.2) is 4.68 Å². The Morgan fingerprint density at radius 3 is 2.80 bits per heavy atom. The maximum absolute atomic E-state index is 13.7. The fourth-order valence-electron chi connectivity index (χ4n) is 2.05. The van der Waals surface area contributed by atoms with Gasteiger partial charge in [-0.3, -0.25) is 4.68 Å². The molecular weight excluding hydrogens is 257 g/mol. The second-order valence-electron chi connectivity index (χ2n) is 5.30. The summed E-state index contributed by atoms with van der Waals surface area (Å²) in [6, 6.07) is 1.99. The van der Waals surface area contributed by atoms with Gasteiger partial charge >= 0.3 is 0 Å². The van der Waals surface area contributed by atoms with Gasteiger partial charge in [0.2, 0.25) is 5.95 Å². The standard InChI is InChI=1S/C14H22FN5/c1-4-20-14(15)12(8-17-20)7-16-9-13-5-6-19(18-13)10-11(2)3/h5-6,8,11,16H,4,7,9-10H2,1-3H3. The van der Waals surface area contributed by atoms with Gasteiger partial charge in [0, 0.05) is 37.9 Å². The van der Waals surface area contributed by atoms with Gasteiger partial charge in [0.15, 0.2) is 0 Å². The summed E-state index contributed by atoms with van der Waals surface area (Å²) in [5.74, 6) is 0.315. The second kappa shape index (κ2) is 6.65. The maximum atomic E-state index is 13.7. The number of hydrogen-bond acceptors (Lipinski definition) is 3. The quantitative estimate of drug-likeness (QED) is 0.845. The highest BCUT2D eigenvalue weighted by Gasteiger charge is 2.08. The molecule has 0 atom stereocenters. The minimum atomic E-state index is -0.259. The van der Waals surface area contributed by atoms with Crippen LogP contribution in [0.2, 0.25) is 0 Å². The van der Waals surface area contributed by atoms with E-state index in [4.69, 9.17) is 0 Å². The molecule has 0 spiro atoms. The Balaban J connectivity index is 1.83. The molecule has 0 aliphatic rings. The van der Waals surface area contributed by atoms with Crippen LogP contribution in [0.1, 0.15) is 32.0 Å². The number of rotatable bonds is 7. The first kappa shape index (κ1) is 14.7. The average molecular weight is 279 g/mol. The molecule has 0 bridgehead atoms. The van der Waals surface area contributed by atoms with Crippen LogP contribution < -0.4 is 5.32 Å². The van der Waals surface area contributed by atoms with E-state index < -0.39 is 0 Å². The van der Waals surface area contributed by atoms with Gasteiger partial charge in [0.05, 0.1) is 11.9 Å². The molecule has 0 saturated heterocycles. The van der Waals surface area contributed by atoms with E-state index >= 15 is 0 Å². The summed E-state index contributed by atoms with van der Waals surface area (Å²) in [5.41, 5.74) is 1.56. The van der Waals surface area contributed by atoms with Crippen molar-refractivity contribution in [3.63, 3.8) is 0 Å². The van der Waals surface area contributed by atoms with E-state index in [2.05, 4.69) is 29.4 Å². The predicted octanol–water partition coefficient (Wildman–Crippen LogP) is 2.18. The summed E-state index contributed by atoms with van der Waals surface area (Å²) in [5, 5.41) is 11.6. The summed E-state index contributed by atoms with van der Waals surface area (Å²) in [6.07, 6.45) is 3.55. The molecule has 0 saturated carbocycles. The van der Waals surface area contributed by atoms with E-state index in [9.17, 15) is 4.39 Å². The Hall–Kier alpha value is -1.69. The smallest absolute Gasteiger partial charge is 0.215 e. The molecule has 0 aromatic carbocycles. The zero-order chi connectivity index (χ0) is 14.5. The molecule has 2 aromatic rings. The molecule has 0 unspecified atom stereocenters. The number of halogens is 1. The Kier molecular flexibility index (Phi) is 4.89. The summed E-state index contributed by atoms with van der Waals surface area (Å²) >= 11 is 0. The molecule has 2 rings (SSSR count). The van der Waals surface area contributed by atoms with Gasteiger partial charge in [-0.15, -0.1) is 0 Å². The third kappa shape index (κ3) is 3.66. The molecule has 1 N–H and O–H groups in total. The topological polar surface area (TPSA) is 47.7 Å². The molecule has 0 fully saturated rings. The predicted molar refractivity (Wildman–Crippen MR) is 75.5 cm³/mol. The Bertz CT molecular complexity index is 544. The van der Waals surface area contributed by atoms with Crippen molar-refractivity contribution in [2.45, 2.75) is 47.0 Å². The van der Waals surface area contributed by atoms with Gasteiger partial charge in [-0.1, -0.05) is 13.8 Å². The first-order valence-electron chi connectivity index (χ1n) is 7.03. The highest BCUT2D eigenvalue weighted by Crippen LogP contribution is 2.06. The van der Waals surface area contributed by atoms with Gasteiger partial charge < -0.3 is 5.32 Å².